The summed E-state index contributed by atoms with van der Waals surface area (Å²) >= 11 is -0.274. The molecule has 0 saturated heterocycles. The third-order valence-electron chi connectivity index (χ3n) is 3.79. The molecule has 0 bridgehead atoms. The molecule has 0 radical (unpaired) electrons. The van der Waals surface area contributed by atoms with Gasteiger partial charge in [0.05, 0.1) is 24.4 Å². The average Bonchev–Trinajstić information content (AvgIpc) is 3.04. The van der Waals surface area contributed by atoms with Gasteiger partial charge >= 0.3 is 0 Å². The molecule has 0 saturated carbocycles. The maximum atomic E-state index is 8.87. The van der Waals surface area contributed by atoms with Crippen LogP contribution in [0.2, 0.25) is 0 Å². The van der Waals surface area contributed by atoms with Crippen LogP contribution in [0.15, 0.2) is 69.6 Å². The topological polar surface area (TPSA) is 39.4 Å². The van der Waals surface area contributed by atoms with Crippen molar-refractivity contribution >= 4 is 21.3 Å². The van der Waals surface area contributed by atoms with E-state index in [0.29, 0.717) is 5.56 Å². The van der Waals surface area contributed by atoms with Crippen molar-refractivity contribution in [1.82, 2.24) is 3.11 Å². The minimum absolute atomic E-state index is 0.274. The molecule has 3 rings (SSSR count). The highest BCUT2D eigenvalue weighted by Gasteiger charge is 2.13. The summed E-state index contributed by atoms with van der Waals surface area (Å²) in [4.78, 5) is 0. The van der Waals surface area contributed by atoms with E-state index in [4.69, 9.17) is 5.26 Å². The maximum Gasteiger partial charge on any atom is 0.120 e. The molecule has 1 aliphatic rings. The Labute approximate surface area is 147 Å². The van der Waals surface area contributed by atoms with Crippen LogP contribution in [0.3, 0.4) is 0 Å². The molecule has 0 fully saturated rings. The van der Waals surface area contributed by atoms with Gasteiger partial charge in [0.15, 0.2) is 0 Å². The van der Waals surface area contributed by atoms with E-state index in [1.807, 2.05) is 24.3 Å². The number of nitrogens with zero attached hydrogens (tertiary/aromatic N) is 3. The van der Waals surface area contributed by atoms with Gasteiger partial charge in [-0.25, -0.2) is 3.15 Å². The lowest BCUT2D eigenvalue weighted by atomic mass is 10.1. The van der Waals surface area contributed by atoms with E-state index in [0.717, 1.165) is 25.8 Å². The number of nitriles is 1. The van der Waals surface area contributed by atoms with Crippen LogP contribution in [0.5, 0.6) is 0 Å². The van der Waals surface area contributed by atoms with Gasteiger partial charge in [-0.3, -0.25) is 0 Å². The van der Waals surface area contributed by atoms with E-state index in [2.05, 4.69) is 48.9 Å². The molecule has 23 heavy (non-hydrogen) atoms. The fourth-order valence-corrected chi connectivity index (χ4v) is 4.46. The van der Waals surface area contributed by atoms with Gasteiger partial charge in [0.25, 0.3) is 0 Å². The molecule has 0 aliphatic carbocycles. The number of hydrogen-bond acceptors (Lipinski definition) is 3. The Morgan fingerprint density at radius 1 is 0.957 bits per heavy atom. The van der Waals surface area contributed by atoms with E-state index in [1.54, 1.807) is 0 Å². The lowest BCUT2D eigenvalue weighted by Gasteiger charge is -2.18. The molecule has 0 amide bonds. The van der Waals surface area contributed by atoms with Gasteiger partial charge in [-0.2, -0.15) is 5.26 Å². The van der Waals surface area contributed by atoms with Crippen LogP contribution in [0.1, 0.15) is 29.5 Å². The van der Waals surface area contributed by atoms with Crippen molar-refractivity contribution in [2.75, 3.05) is 0 Å². The maximum absolute atomic E-state index is 8.87. The zero-order chi connectivity index (χ0) is 15.9. The molecule has 0 unspecified atom stereocenters. The normalized spacial score (nSPS) is 13.3. The molecule has 0 atom stereocenters. The molecular weight excluding hydrogens is 397 g/mol. The van der Waals surface area contributed by atoms with Crippen molar-refractivity contribution in [2.24, 2.45) is 3.15 Å². The fourth-order valence-electron chi connectivity index (χ4n) is 2.52. The van der Waals surface area contributed by atoms with Crippen molar-refractivity contribution < 1.29 is 0 Å². The molecular formula is C19H18IN3. The molecule has 4 heteroatoms. The van der Waals surface area contributed by atoms with Crippen LogP contribution < -0.4 is 0 Å². The van der Waals surface area contributed by atoms with E-state index in [-0.39, 0.29) is 21.3 Å². The second-order valence-electron chi connectivity index (χ2n) is 5.46. The molecule has 116 valence electrons. The molecule has 0 N–H and O–H groups in total. The van der Waals surface area contributed by atoms with E-state index < -0.39 is 0 Å². The Hall–Kier alpha value is -2.00. The largest absolute Gasteiger partial charge is 0.303 e. The van der Waals surface area contributed by atoms with E-state index in [9.17, 15) is 0 Å². The highest BCUT2D eigenvalue weighted by Crippen LogP contribution is 2.31. The first kappa shape index (κ1) is 15.9. The number of hydrogen-bond donors (Lipinski definition) is 0. The standard InChI is InChI=1S/C19H18IN3/c21-13-17-9-11-18(12-10-17)15-23-19(14-22-20-23)8-4-7-16-5-2-1-3-6-16/h1-3,5-6,9-12,14H,4,7-8,15H2. The Morgan fingerprint density at radius 3 is 2.48 bits per heavy atom. The van der Waals surface area contributed by atoms with Gasteiger partial charge in [-0.1, -0.05) is 42.5 Å². The Bertz CT molecular complexity index is 742. The van der Waals surface area contributed by atoms with Crippen molar-refractivity contribution in [3.63, 3.8) is 0 Å². The van der Waals surface area contributed by atoms with E-state index in [1.165, 1.54) is 16.8 Å². The van der Waals surface area contributed by atoms with Crippen molar-refractivity contribution in [1.29, 1.82) is 5.26 Å². The summed E-state index contributed by atoms with van der Waals surface area (Å²) in [5.74, 6) is 0. The number of aryl methyl sites for hydroxylation is 1. The number of benzene rings is 2. The van der Waals surface area contributed by atoms with Crippen LogP contribution in [0.25, 0.3) is 0 Å². The number of halogens is 1. The Balaban J connectivity index is 1.53. The van der Waals surface area contributed by atoms with Gasteiger partial charge < -0.3 is 3.11 Å². The average molecular weight is 415 g/mol. The summed E-state index contributed by atoms with van der Waals surface area (Å²) in [6.07, 6.45) is 5.40. The highest BCUT2D eigenvalue weighted by molar-refractivity contribution is 14.1. The summed E-state index contributed by atoms with van der Waals surface area (Å²) in [5.41, 5.74) is 4.72. The molecule has 0 spiro atoms. The predicted octanol–water partition coefficient (Wildman–Crippen LogP) is 5.31. The smallest absolute Gasteiger partial charge is 0.120 e. The quantitative estimate of drug-likeness (QED) is 0.474. The van der Waals surface area contributed by atoms with Gasteiger partial charge in [0, 0.05) is 5.70 Å². The fraction of sp³-hybridized carbons (Fsp3) is 0.211. The third kappa shape index (κ3) is 4.49. The summed E-state index contributed by atoms with van der Waals surface area (Å²) in [5, 5.41) is 8.87. The summed E-state index contributed by atoms with van der Waals surface area (Å²) in [6, 6.07) is 20.7. The van der Waals surface area contributed by atoms with Crippen LogP contribution >= 0.6 is 21.3 Å². The lowest BCUT2D eigenvalue weighted by Crippen LogP contribution is -2.10. The monoisotopic (exact) mass is 415 g/mol. The molecule has 1 aliphatic heterocycles. The first-order valence-corrected chi connectivity index (χ1v) is 9.62. The summed E-state index contributed by atoms with van der Waals surface area (Å²) in [6.45, 7) is 0.902. The summed E-state index contributed by atoms with van der Waals surface area (Å²) < 4.78 is 6.95. The van der Waals surface area contributed by atoms with Crippen LogP contribution in [0, 0.1) is 11.3 Å². The van der Waals surface area contributed by atoms with Crippen molar-refractivity contribution in [2.45, 2.75) is 25.8 Å². The van der Waals surface area contributed by atoms with Gasteiger partial charge in [0.2, 0.25) is 0 Å². The minimum atomic E-state index is -0.274. The highest BCUT2D eigenvalue weighted by atomic mass is 127. The zero-order valence-corrected chi connectivity index (χ0v) is 15.0. The van der Waals surface area contributed by atoms with Gasteiger partial charge in [-0.15, -0.1) is 0 Å². The molecule has 3 nitrogen and oxygen atoms in total. The van der Waals surface area contributed by atoms with E-state index >= 15 is 0 Å². The Kier molecular flexibility index (Phi) is 5.54. The number of allylic oxidation sites excluding steroid dienone is 1. The second kappa shape index (κ2) is 8.02. The second-order valence-corrected chi connectivity index (χ2v) is 7.62. The van der Waals surface area contributed by atoms with Crippen molar-refractivity contribution in [3.05, 3.63) is 83.2 Å². The third-order valence-corrected chi connectivity index (χ3v) is 5.80. The van der Waals surface area contributed by atoms with Crippen LogP contribution in [-0.4, -0.2) is 3.11 Å². The Morgan fingerprint density at radius 2 is 1.74 bits per heavy atom. The first-order valence-electron chi connectivity index (χ1n) is 7.69. The first-order chi connectivity index (χ1) is 11.3. The van der Waals surface area contributed by atoms with Gasteiger partial charge in [0.1, 0.15) is 21.3 Å². The molecule has 0 aromatic heterocycles. The predicted molar refractivity (Wildman–Crippen MR) is 101 cm³/mol. The van der Waals surface area contributed by atoms with Crippen LogP contribution in [-0.2, 0) is 13.0 Å². The molecule has 2 aromatic rings. The van der Waals surface area contributed by atoms with Gasteiger partial charge in [-0.05, 0) is 42.5 Å². The lowest BCUT2D eigenvalue weighted by molar-refractivity contribution is 0.570. The number of rotatable bonds is 6. The molecule has 1 heterocycles. The van der Waals surface area contributed by atoms with Crippen molar-refractivity contribution in [3.8, 4) is 6.07 Å². The summed E-state index contributed by atoms with van der Waals surface area (Å²) in [7, 11) is 0. The minimum Gasteiger partial charge on any atom is -0.303 e. The van der Waals surface area contributed by atoms with Crippen LogP contribution in [0.4, 0.5) is 0 Å². The zero-order valence-electron chi connectivity index (χ0n) is 12.8. The SMILES string of the molecule is N#Cc1ccc(CN2I=NC=C2CCCc2ccccc2)cc1. The molecule has 2 aromatic carbocycles.